The van der Waals surface area contributed by atoms with Crippen molar-refractivity contribution in [1.29, 1.82) is 0 Å². The molecule has 6 rings (SSSR count). The summed E-state index contributed by atoms with van der Waals surface area (Å²) in [5.41, 5.74) is 0.998. The minimum Gasteiger partial charge on any atom is -0.423 e. The fourth-order valence-electron chi connectivity index (χ4n) is 5.24. The summed E-state index contributed by atoms with van der Waals surface area (Å²) in [6.45, 7) is 2.18. The molecule has 3 aliphatic rings. The Kier molecular flexibility index (Phi) is 5.79. The molecule has 0 unspecified atom stereocenters. The lowest BCUT2D eigenvalue weighted by Crippen LogP contribution is -2.43. The molecule has 33 heavy (non-hydrogen) atoms. The van der Waals surface area contributed by atoms with Crippen molar-refractivity contribution in [1.82, 2.24) is 35.1 Å². The predicted octanol–water partition coefficient (Wildman–Crippen LogP) is 2.53. The SMILES string of the molecule is c1cn(-c2ccc(Oc3nnnn3[C@@H]3CO[C@@H]4[C@@H]3OC[C@@H]4NCC3CCCCC3)cc2)cn1. The lowest BCUT2D eigenvalue weighted by atomic mass is 9.89. The van der Waals surface area contributed by atoms with Crippen molar-refractivity contribution < 1.29 is 14.2 Å². The number of hydrogen-bond acceptors (Lipinski definition) is 8. The summed E-state index contributed by atoms with van der Waals surface area (Å²) in [5.74, 6) is 1.43. The highest BCUT2D eigenvalue weighted by molar-refractivity contribution is 5.38. The Balaban J connectivity index is 1.10. The Morgan fingerprint density at radius 1 is 1.03 bits per heavy atom. The van der Waals surface area contributed by atoms with Crippen molar-refractivity contribution in [3.05, 3.63) is 43.0 Å². The van der Waals surface area contributed by atoms with E-state index in [2.05, 4.69) is 25.8 Å². The molecule has 10 heteroatoms. The molecule has 3 fully saturated rings. The molecule has 3 aromatic rings. The first-order valence-corrected chi connectivity index (χ1v) is 11.9. The van der Waals surface area contributed by atoms with E-state index in [-0.39, 0.29) is 24.3 Å². The Labute approximate surface area is 192 Å². The molecule has 2 aliphatic heterocycles. The second-order valence-electron chi connectivity index (χ2n) is 9.15. The van der Waals surface area contributed by atoms with Gasteiger partial charge in [0.25, 0.3) is 0 Å². The Morgan fingerprint density at radius 2 is 1.88 bits per heavy atom. The molecule has 1 aromatic carbocycles. The van der Waals surface area contributed by atoms with Gasteiger partial charge in [0.1, 0.15) is 24.0 Å². The summed E-state index contributed by atoms with van der Waals surface area (Å²) >= 11 is 0. The number of imidazole rings is 1. The van der Waals surface area contributed by atoms with Gasteiger partial charge in [-0.2, -0.15) is 4.68 Å². The van der Waals surface area contributed by atoms with Gasteiger partial charge in [0.2, 0.25) is 0 Å². The normalized spacial score (nSPS) is 27.6. The lowest BCUT2D eigenvalue weighted by Gasteiger charge is -2.25. The molecule has 2 aromatic heterocycles. The number of benzene rings is 1. The van der Waals surface area contributed by atoms with Crippen LogP contribution in [0.15, 0.2) is 43.0 Å². The van der Waals surface area contributed by atoms with E-state index < -0.39 is 0 Å². The van der Waals surface area contributed by atoms with E-state index in [1.165, 1.54) is 32.1 Å². The monoisotopic (exact) mass is 451 g/mol. The topological polar surface area (TPSA) is 101 Å². The van der Waals surface area contributed by atoms with Gasteiger partial charge in [-0.3, -0.25) is 0 Å². The van der Waals surface area contributed by atoms with Crippen LogP contribution in [0.4, 0.5) is 0 Å². The quantitative estimate of drug-likeness (QED) is 0.585. The molecule has 2 saturated heterocycles. The van der Waals surface area contributed by atoms with Crippen LogP contribution in [0.25, 0.3) is 5.69 Å². The molecule has 0 radical (unpaired) electrons. The van der Waals surface area contributed by atoms with Crippen molar-refractivity contribution in [3.63, 3.8) is 0 Å². The van der Waals surface area contributed by atoms with Gasteiger partial charge in [0, 0.05) is 18.1 Å². The first-order valence-electron chi connectivity index (χ1n) is 11.9. The van der Waals surface area contributed by atoms with Crippen LogP contribution < -0.4 is 10.1 Å². The summed E-state index contributed by atoms with van der Waals surface area (Å²) in [5, 5.41) is 15.9. The number of ether oxygens (including phenoxy) is 3. The summed E-state index contributed by atoms with van der Waals surface area (Å²) in [6.07, 6.45) is 12.0. The average molecular weight is 452 g/mol. The standard InChI is InChI=1S/C23H29N7O3/c1-2-4-16(5-3-1)12-25-19-13-31-22-20(14-32-21(19)22)30-23(26-27-28-30)33-18-8-6-17(7-9-18)29-11-10-24-15-29/h6-11,15-16,19-22,25H,1-5,12-14H2/t19-,20+,21-,22+/m0/s1. The van der Waals surface area contributed by atoms with Crippen LogP contribution in [0.1, 0.15) is 38.1 Å². The number of hydrogen-bond donors (Lipinski definition) is 1. The van der Waals surface area contributed by atoms with Crippen LogP contribution in [0.2, 0.25) is 0 Å². The van der Waals surface area contributed by atoms with Gasteiger partial charge in [-0.25, -0.2) is 4.98 Å². The first-order chi connectivity index (χ1) is 16.3. The van der Waals surface area contributed by atoms with Crippen LogP contribution in [-0.2, 0) is 9.47 Å². The van der Waals surface area contributed by atoms with Crippen LogP contribution >= 0.6 is 0 Å². The molecule has 174 valence electrons. The van der Waals surface area contributed by atoms with Gasteiger partial charge < -0.3 is 24.1 Å². The number of nitrogens with zero attached hydrogens (tertiary/aromatic N) is 6. The van der Waals surface area contributed by atoms with E-state index in [9.17, 15) is 0 Å². The van der Waals surface area contributed by atoms with E-state index in [0.29, 0.717) is 25.0 Å². The zero-order valence-corrected chi connectivity index (χ0v) is 18.5. The Morgan fingerprint density at radius 3 is 2.70 bits per heavy atom. The highest BCUT2D eigenvalue weighted by atomic mass is 16.6. The molecule has 10 nitrogen and oxygen atoms in total. The summed E-state index contributed by atoms with van der Waals surface area (Å²) in [4.78, 5) is 4.08. The summed E-state index contributed by atoms with van der Waals surface area (Å²) in [6, 6.07) is 8.12. The number of tetrazole rings is 1. The van der Waals surface area contributed by atoms with E-state index in [1.54, 1.807) is 17.2 Å². The first kappa shape index (κ1) is 20.8. The van der Waals surface area contributed by atoms with Crippen LogP contribution in [-0.4, -0.2) is 67.8 Å². The van der Waals surface area contributed by atoms with Crippen LogP contribution in [0.5, 0.6) is 11.8 Å². The molecule has 0 bridgehead atoms. The Bertz CT molecular complexity index is 1030. The van der Waals surface area contributed by atoms with Gasteiger partial charge in [-0.05, 0) is 60.0 Å². The highest BCUT2D eigenvalue weighted by Crippen LogP contribution is 2.36. The van der Waals surface area contributed by atoms with Crippen LogP contribution in [0.3, 0.4) is 0 Å². The number of aromatic nitrogens is 6. The molecule has 1 saturated carbocycles. The molecular weight excluding hydrogens is 422 g/mol. The van der Waals surface area contributed by atoms with Gasteiger partial charge in [-0.1, -0.05) is 24.4 Å². The fourth-order valence-corrected chi connectivity index (χ4v) is 5.24. The smallest absolute Gasteiger partial charge is 0.341 e. The maximum Gasteiger partial charge on any atom is 0.341 e. The zero-order valence-electron chi connectivity index (χ0n) is 18.5. The largest absolute Gasteiger partial charge is 0.423 e. The minimum atomic E-state index is -0.119. The zero-order chi connectivity index (χ0) is 22.0. The molecule has 4 heterocycles. The second kappa shape index (κ2) is 9.20. The summed E-state index contributed by atoms with van der Waals surface area (Å²) < 4.78 is 22.0. The van der Waals surface area contributed by atoms with Crippen molar-refractivity contribution in [2.24, 2.45) is 5.92 Å². The molecule has 0 spiro atoms. The molecular formula is C23H29N7O3. The van der Waals surface area contributed by atoms with E-state index >= 15 is 0 Å². The van der Waals surface area contributed by atoms with E-state index in [0.717, 1.165) is 18.2 Å². The summed E-state index contributed by atoms with van der Waals surface area (Å²) in [7, 11) is 0. The van der Waals surface area contributed by atoms with Gasteiger partial charge in [-0.15, -0.1) is 0 Å². The van der Waals surface area contributed by atoms with E-state index in [4.69, 9.17) is 14.2 Å². The van der Waals surface area contributed by atoms with Gasteiger partial charge in [0.05, 0.1) is 25.6 Å². The number of fused-ring (bicyclic) bond motifs is 1. The third kappa shape index (κ3) is 4.25. The van der Waals surface area contributed by atoms with Gasteiger partial charge >= 0.3 is 6.01 Å². The third-order valence-corrected chi connectivity index (χ3v) is 7.05. The number of nitrogens with one attached hydrogen (secondary N) is 1. The average Bonchev–Trinajstić information content (AvgIpc) is 3.64. The molecule has 1 N–H and O–H groups in total. The lowest BCUT2D eigenvalue weighted by molar-refractivity contribution is 0.0610. The Hall–Kier alpha value is -2.82. The highest BCUT2D eigenvalue weighted by Gasteiger charge is 2.49. The van der Waals surface area contributed by atoms with Crippen LogP contribution in [0, 0.1) is 5.92 Å². The molecule has 0 amide bonds. The van der Waals surface area contributed by atoms with Crippen molar-refractivity contribution in [2.45, 2.75) is 56.4 Å². The second-order valence-corrected chi connectivity index (χ2v) is 9.15. The number of rotatable bonds is 7. The van der Waals surface area contributed by atoms with Crippen molar-refractivity contribution >= 4 is 0 Å². The predicted molar refractivity (Wildman–Crippen MR) is 118 cm³/mol. The maximum atomic E-state index is 6.16. The van der Waals surface area contributed by atoms with Crippen molar-refractivity contribution in [3.8, 4) is 17.4 Å². The maximum absolute atomic E-state index is 6.16. The molecule has 1 aliphatic carbocycles. The van der Waals surface area contributed by atoms with Gasteiger partial charge in [0.15, 0.2) is 0 Å². The van der Waals surface area contributed by atoms with E-state index in [1.807, 2.05) is 35.0 Å². The minimum absolute atomic E-state index is 0.00473. The van der Waals surface area contributed by atoms with Crippen molar-refractivity contribution in [2.75, 3.05) is 19.8 Å². The third-order valence-electron chi connectivity index (χ3n) is 7.05. The fraction of sp³-hybridized carbons (Fsp3) is 0.565. The molecule has 4 atom stereocenters.